The van der Waals surface area contributed by atoms with Crippen LogP contribution in [0.2, 0.25) is 0 Å². The van der Waals surface area contributed by atoms with E-state index in [-0.39, 0.29) is 11.8 Å². The lowest BCUT2D eigenvalue weighted by Crippen LogP contribution is -2.33. The van der Waals surface area contributed by atoms with Gasteiger partial charge in [-0.15, -0.1) is 0 Å². The van der Waals surface area contributed by atoms with Crippen LogP contribution in [-0.2, 0) is 15.8 Å². The second kappa shape index (κ2) is 5.46. The van der Waals surface area contributed by atoms with Crippen LogP contribution in [0.25, 0.3) is 0 Å². The second-order valence-electron chi connectivity index (χ2n) is 4.11. The molecule has 0 aliphatic rings. The van der Waals surface area contributed by atoms with Gasteiger partial charge in [-0.1, -0.05) is 31.2 Å². The second-order valence-corrected chi connectivity index (χ2v) is 5.87. The van der Waals surface area contributed by atoms with Crippen LogP contribution < -0.4 is 4.72 Å². The molecule has 1 aromatic carbocycles. The van der Waals surface area contributed by atoms with Gasteiger partial charge in [0.1, 0.15) is 0 Å². The highest BCUT2D eigenvalue weighted by molar-refractivity contribution is 7.88. The van der Waals surface area contributed by atoms with Gasteiger partial charge in [-0.25, -0.2) is 13.1 Å². The van der Waals surface area contributed by atoms with Crippen molar-refractivity contribution in [1.29, 1.82) is 0 Å². The fourth-order valence-electron chi connectivity index (χ4n) is 1.41. The summed E-state index contributed by atoms with van der Waals surface area (Å²) in [5.41, 5.74) is 1.87. The Morgan fingerprint density at radius 1 is 1.31 bits per heavy atom. The Hall–Kier alpha value is -0.870. The average Bonchev–Trinajstić information content (AvgIpc) is 2.20. The highest BCUT2D eigenvalue weighted by atomic mass is 32.2. The lowest BCUT2D eigenvalue weighted by Gasteiger charge is -2.12. The first-order valence-electron chi connectivity index (χ1n) is 5.49. The van der Waals surface area contributed by atoms with Crippen molar-refractivity contribution in [2.45, 2.75) is 39.0 Å². The van der Waals surface area contributed by atoms with Crippen molar-refractivity contribution in [2.75, 3.05) is 0 Å². The van der Waals surface area contributed by atoms with Crippen LogP contribution in [0.3, 0.4) is 0 Å². The van der Waals surface area contributed by atoms with Gasteiger partial charge in [-0.3, -0.25) is 0 Å². The SMILES string of the molecule is CC[C@@H](C)NS(=O)(=O)Cc1ccccc1C. The summed E-state index contributed by atoms with van der Waals surface area (Å²) in [5.74, 6) is 0.0595. The van der Waals surface area contributed by atoms with E-state index in [1.165, 1.54) is 0 Å². The molecule has 0 aromatic heterocycles. The zero-order valence-corrected chi connectivity index (χ0v) is 10.8. The quantitative estimate of drug-likeness (QED) is 0.859. The number of sulfonamides is 1. The molecule has 0 saturated heterocycles. The minimum absolute atomic E-state index is 0.00554. The lowest BCUT2D eigenvalue weighted by atomic mass is 10.1. The topological polar surface area (TPSA) is 46.2 Å². The summed E-state index contributed by atoms with van der Waals surface area (Å²) < 4.78 is 26.3. The highest BCUT2D eigenvalue weighted by Crippen LogP contribution is 2.11. The first kappa shape index (κ1) is 13.2. The first-order chi connectivity index (χ1) is 7.44. The Balaban J connectivity index is 2.77. The number of rotatable bonds is 5. The number of benzene rings is 1. The van der Waals surface area contributed by atoms with Crippen molar-refractivity contribution in [1.82, 2.24) is 4.72 Å². The van der Waals surface area contributed by atoms with E-state index >= 15 is 0 Å². The summed E-state index contributed by atoms with van der Waals surface area (Å²) in [6, 6.07) is 7.54. The molecule has 0 amide bonds. The molecule has 0 bridgehead atoms. The molecule has 1 atom stereocenters. The monoisotopic (exact) mass is 241 g/mol. The number of hydrogen-bond donors (Lipinski definition) is 1. The fourth-order valence-corrected chi connectivity index (χ4v) is 3.00. The van der Waals surface area contributed by atoms with Crippen LogP contribution in [0.15, 0.2) is 24.3 Å². The molecular formula is C12H19NO2S. The van der Waals surface area contributed by atoms with Crippen molar-refractivity contribution < 1.29 is 8.42 Å². The Morgan fingerprint density at radius 2 is 1.94 bits per heavy atom. The molecule has 0 saturated carbocycles. The molecule has 1 rings (SSSR count). The number of hydrogen-bond acceptors (Lipinski definition) is 2. The molecule has 3 nitrogen and oxygen atoms in total. The van der Waals surface area contributed by atoms with Crippen molar-refractivity contribution in [3.8, 4) is 0 Å². The molecule has 0 radical (unpaired) electrons. The number of nitrogens with one attached hydrogen (secondary N) is 1. The van der Waals surface area contributed by atoms with Crippen LogP contribution in [0.5, 0.6) is 0 Å². The lowest BCUT2D eigenvalue weighted by molar-refractivity contribution is 0.555. The Labute approximate surface area is 97.9 Å². The molecule has 1 N–H and O–H groups in total. The van der Waals surface area contributed by atoms with Crippen molar-refractivity contribution in [2.24, 2.45) is 0 Å². The van der Waals surface area contributed by atoms with Crippen molar-refractivity contribution in [3.05, 3.63) is 35.4 Å². The molecule has 0 aliphatic heterocycles. The van der Waals surface area contributed by atoms with Gasteiger partial charge in [0.2, 0.25) is 10.0 Å². The molecule has 0 heterocycles. The van der Waals surface area contributed by atoms with Gasteiger partial charge in [0.15, 0.2) is 0 Å². The summed E-state index contributed by atoms with van der Waals surface area (Å²) in [6.45, 7) is 5.75. The minimum Gasteiger partial charge on any atom is -0.212 e. The predicted octanol–water partition coefficient (Wildman–Crippen LogP) is 2.21. The molecular weight excluding hydrogens is 222 g/mol. The minimum atomic E-state index is -3.22. The van der Waals surface area contributed by atoms with Gasteiger partial charge < -0.3 is 0 Å². The molecule has 0 aliphatic carbocycles. The fraction of sp³-hybridized carbons (Fsp3) is 0.500. The van der Waals surface area contributed by atoms with Gasteiger partial charge in [0.05, 0.1) is 5.75 Å². The van der Waals surface area contributed by atoms with E-state index in [4.69, 9.17) is 0 Å². The molecule has 1 aromatic rings. The van der Waals surface area contributed by atoms with Crippen molar-refractivity contribution >= 4 is 10.0 Å². The van der Waals surface area contributed by atoms with Crippen LogP contribution in [0, 0.1) is 6.92 Å². The zero-order chi connectivity index (χ0) is 12.2. The zero-order valence-electron chi connectivity index (χ0n) is 10.0. The molecule has 0 spiro atoms. The van der Waals surface area contributed by atoms with Gasteiger partial charge in [0.25, 0.3) is 0 Å². The van der Waals surface area contributed by atoms with Gasteiger partial charge in [-0.05, 0) is 31.4 Å². The third kappa shape index (κ3) is 3.94. The third-order valence-corrected chi connectivity index (χ3v) is 4.05. The molecule has 16 heavy (non-hydrogen) atoms. The van der Waals surface area contributed by atoms with Crippen LogP contribution in [0.4, 0.5) is 0 Å². The van der Waals surface area contributed by atoms with E-state index in [9.17, 15) is 8.42 Å². The van der Waals surface area contributed by atoms with E-state index in [2.05, 4.69) is 4.72 Å². The maximum absolute atomic E-state index is 11.8. The average molecular weight is 241 g/mol. The van der Waals surface area contributed by atoms with Crippen LogP contribution in [0.1, 0.15) is 31.4 Å². The highest BCUT2D eigenvalue weighted by Gasteiger charge is 2.14. The summed E-state index contributed by atoms with van der Waals surface area (Å²) in [6.07, 6.45) is 0.799. The third-order valence-electron chi connectivity index (χ3n) is 2.60. The van der Waals surface area contributed by atoms with E-state index in [0.29, 0.717) is 0 Å². The van der Waals surface area contributed by atoms with Gasteiger partial charge in [-0.2, -0.15) is 0 Å². The smallest absolute Gasteiger partial charge is 0.212 e. The van der Waals surface area contributed by atoms with Gasteiger partial charge in [0, 0.05) is 6.04 Å². The molecule has 4 heteroatoms. The predicted molar refractivity (Wildman–Crippen MR) is 66.7 cm³/mol. The summed E-state index contributed by atoms with van der Waals surface area (Å²) in [5, 5.41) is 0. The van der Waals surface area contributed by atoms with E-state index in [0.717, 1.165) is 17.5 Å². The normalized spacial score (nSPS) is 13.7. The van der Waals surface area contributed by atoms with E-state index in [1.54, 1.807) is 0 Å². The molecule has 90 valence electrons. The molecule has 0 fully saturated rings. The summed E-state index contributed by atoms with van der Waals surface area (Å²) >= 11 is 0. The Morgan fingerprint density at radius 3 is 2.50 bits per heavy atom. The van der Waals surface area contributed by atoms with Gasteiger partial charge >= 0.3 is 0 Å². The summed E-state index contributed by atoms with van der Waals surface area (Å²) in [4.78, 5) is 0. The Kier molecular flexibility index (Phi) is 4.50. The van der Waals surface area contributed by atoms with Crippen LogP contribution >= 0.6 is 0 Å². The number of aryl methyl sites for hydroxylation is 1. The van der Waals surface area contributed by atoms with Crippen LogP contribution in [-0.4, -0.2) is 14.5 Å². The first-order valence-corrected chi connectivity index (χ1v) is 7.14. The van der Waals surface area contributed by atoms with Crippen molar-refractivity contribution in [3.63, 3.8) is 0 Å². The summed E-state index contributed by atoms with van der Waals surface area (Å²) in [7, 11) is -3.22. The molecule has 0 unspecified atom stereocenters. The standard InChI is InChI=1S/C12H19NO2S/c1-4-11(3)13-16(14,15)9-12-8-6-5-7-10(12)2/h5-8,11,13H,4,9H2,1-3H3/t11-/m1/s1. The maximum atomic E-state index is 11.8. The Bertz CT molecular complexity index is 440. The van der Waals surface area contributed by atoms with E-state index in [1.807, 2.05) is 45.0 Å². The van der Waals surface area contributed by atoms with E-state index < -0.39 is 10.0 Å². The maximum Gasteiger partial charge on any atom is 0.216 e. The largest absolute Gasteiger partial charge is 0.216 e.